The molecule has 1 saturated heterocycles. The molecule has 0 saturated carbocycles. The fourth-order valence-corrected chi connectivity index (χ4v) is 1.96. The van der Waals surface area contributed by atoms with Crippen LogP contribution in [0.3, 0.4) is 0 Å². The fourth-order valence-electron chi connectivity index (χ4n) is 1.96. The van der Waals surface area contributed by atoms with Crippen molar-refractivity contribution < 1.29 is 14.6 Å². The lowest BCUT2D eigenvalue weighted by Gasteiger charge is -2.36. The Kier molecular flexibility index (Phi) is 5.73. The van der Waals surface area contributed by atoms with Crippen LogP contribution in [-0.4, -0.2) is 73.4 Å². The summed E-state index contributed by atoms with van der Waals surface area (Å²) in [6.07, 6.45) is 1.05. The monoisotopic (exact) mass is 230 g/mol. The largest absolute Gasteiger partial charge is 0.480 e. The standard InChI is InChI=1S/C11H22N2O3/c1-10(11(14)15)13-7-5-12(6-8-13)4-3-9-16-2/h10H,3-9H2,1-2H3,(H,14,15). The minimum Gasteiger partial charge on any atom is -0.480 e. The molecule has 16 heavy (non-hydrogen) atoms. The molecule has 0 aromatic heterocycles. The number of piperazine rings is 1. The van der Waals surface area contributed by atoms with Crippen LogP contribution in [0.4, 0.5) is 0 Å². The Hall–Kier alpha value is -0.650. The van der Waals surface area contributed by atoms with Gasteiger partial charge in [-0.1, -0.05) is 0 Å². The second-order valence-corrected chi connectivity index (χ2v) is 4.24. The molecule has 1 fully saturated rings. The number of carbonyl (C=O) groups is 1. The van der Waals surface area contributed by atoms with Gasteiger partial charge < -0.3 is 14.7 Å². The van der Waals surface area contributed by atoms with E-state index < -0.39 is 5.97 Å². The lowest BCUT2D eigenvalue weighted by Crippen LogP contribution is -2.51. The summed E-state index contributed by atoms with van der Waals surface area (Å²) < 4.78 is 5.01. The number of hydrogen-bond acceptors (Lipinski definition) is 4. The van der Waals surface area contributed by atoms with Crippen LogP contribution >= 0.6 is 0 Å². The highest BCUT2D eigenvalue weighted by Crippen LogP contribution is 2.06. The van der Waals surface area contributed by atoms with Gasteiger partial charge in [0.25, 0.3) is 0 Å². The third-order valence-electron chi connectivity index (χ3n) is 3.13. The highest BCUT2D eigenvalue weighted by atomic mass is 16.5. The van der Waals surface area contributed by atoms with Crippen molar-refractivity contribution in [3.63, 3.8) is 0 Å². The molecule has 1 aliphatic heterocycles. The van der Waals surface area contributed by atoms with Crippen molar-refractivity contribution in [2.24, 2.45) is 0 Å². The van der Waals surface area contributed by atoms with Gasteiger partial charge in [-0.3, -0.25) is 9.69 Å². The van der Waals surface area contributed by atoms with Gasteiger partial charge >= 0.3 is 5.97 Å². The maximum atomic E-state index is 10.8. The van der Waals surface area contributed by atoms with Crippen molar-refractivity contribution in [1.29, 1.82) is 0 Å². The summed E-state index contributed by atoms with van der Waals surface area (Å²) in [6.45, 7) is 7.21. The van der Waals surface area contributed by atoms with E-state index in [9.17, 15) is 4.79 Å². The van der Waals surface area contributed by atoms with Crippen LogP contribution in [0.5, 0.6) is 0 Å². The molecule has 1 heterocycles. The fraction of sp³-hybridized carbons (Fsp3) is 0.909. The zero-order chi connectivity index (χ0) is 12.0. The molecule has 0 aromatic carbocycles. The lowest BCUT2D eigenvalue weighted by atomic mass is 10.2. The molecular formula is C11H22N2O3. The highest BCUT2D eigenvalue weighted by molar-refractivity contribution is 5.72. The molecule has 0 amide bonds. The van der Waals surface area contributed by atoms with Gasteiger partial charge in [0, 0.05) is 46.4 Å². The molecular weight excluding hydrogens is 208 g/mol. The maximum Gasteiger partial charge on any atom is 0.320 e. The molecule has 1 aliphatic rings. The van der Waals surface area contributed by atoms with Crippen LogP contribution < -0.4 is 0 Å². The van der Waals surface area contributed by atoms with Gasteiger partial charge in [0.1, 0.15) is 6.04 Å². The molecule has 0 aliphatic carbocycles. The first-order chi connectivity index (χ1) is 7.65. The Bertz CT molecular complexity index is 215. The van der Waals surface area contributed by atoms with Gasteiger partial charge in [-0.05, 0) is 13.3 Å². The van der Waals surface area contributed by atoms with Crippen LogP contribution in [0.15, 0.2) is 0 Å². The van der Waals surface area contributed by atoms with Gasteiger partial charge in [-0.2, -0.15) is 0 Å². The van der Waals surface area contributed by atoms with Gasteiger partial charge in [0.15, 0.2) is 0 Å². The number of nitrogens with zero attached hydrogens (tertiary/aromatic N) is 2. The Morgan fingerprint density at radius 1 is 1.38 bits per heavy atom. The Morgan fingerprint density at radius 3 is 2.50 bits per heavy atom. The topological polar surface area (TPSA) is 53.0 Å². The third-order valence-corrected chi connectivity index (χ3v) is 3.13. The van der Waals surface area contributed by atoms with Crippen LogP contribution in [-0.2, 0) is 9.53 Å². The normalized spacial score (nSPS) is 20.9. The van der Waals surface area contributed by atoms with Gasteiger partial charge in [0.05, 0.1) is 0 Å². The SMILES string of the molecule is COCCCN1CCN(C(C)C(=O)O)CC1. The lowest BCUT2D eigenvalue weighted by molar-refractivity contribution is -0.143. The first-order valence-corrected chi connectivity index (χ1v) is 5.83. The summed E-state index contributed by atoms with van der Waals surface area (Å²) >= 11 is 0. The molecule has 1 rings (SSSR count). The quantitative estimate of drug-likeness (QED) is 0.657. The van der Waals surface area contributed by atoms with E-state index in [1.54, 1.807) is 14.0 Å². The second-order valence-electron chi connectivity index (χ2n) is 4.24. The summed E-state index contributed by atoms with van der Waals surface area (Å²) in [5, 5.41) is 8.90. The average molecular weight is 230 g/mol. The molecule has 0 spiro atoms. The first kappa shape index (κ1) is 13.4. The number of hydrogen-bond donors (Lipinski definition) is 1. The van der Waals surface area contributed by atoms with Gasteiger partial charge in [-0.15, -0.1) is 0 Å². The van der Waals surface area contributed by atoms with Crippen LogP contribution in [0.2, 0.25) is 0 Å². The van der Waals surface area contributed by atoms with E-state index in [4.69, 9.17) is 9.84 Å². The maximum absolute atomic E-state index is 10.8. The number of carboxylic acids is 1. The molecule has 1 unspecified atom stereocenters. The summed E-state index contributed by atoms with van der Waals surface area (Å²) in [5.41, 5.74) is 0. The number of carboxylic acid groups (broad SMARTS) is 1. The number of ether oxygens (including phenoxy) is 1. The minimum atomic E-state index is -0.729. The molecule has 1 atom stereocenters. The molecule has 1 N–H and O–H groups in total. The van der Waals surface area contributed by atoms with Crippen molar-refractivity contribution >= 4 is 5.97 Å². The predicted octanol–water partition coefficient (Wildman–Crippen LogP) is 0.114. The summed E-state index contributed by atoms with van der Waals surface area (Å²) in [5.74, 6) is -0.729. The predicted molar refractivity (Wildman–Crippen MR) is 61.6 cm³/mol. The molecule has 0 bridgehead atoms. The van der Waals surface area contributed by atoms with E-state index in [1.807, 2.05) is 4.90 Å². The number of rotatable bonds is 6. The Labute approximate surface area is 97.0 Å². The van der Waals surface area contributed by atoms with E-state index in [-0.39, 0.29) is 6.04 Å². The van der Waals surface area contributed by atoms with Crippen molar-refractivity contribution in [3.05, 3.63) is 0 Å². The summed E-state index contributed by atoms with van der Waals surface area (Å²) in [4.78, 5) is 15.2. The van der Waals surface area contributed by atoms with Crippen molar-refractivity contribution in [2.75, 3.05) is 46.4 Å². The molecule has 5 nitrogen and oxygen atoms in total. The van der Waals surface area contributed by atoms with Crippen molar-refractivity contribution in [3.8, 4) is 0 Å². The average Bonchev–Trinajstić information content (AvgIpc) is 2.29. The summed E-state index contributed by atoms with van der Waals surface area (Å²) in [7, 11) is 1.71. The van der Waals surface area contributed by atoms with Crippen molar-refractivity contribution in [1.82, 2.24) is 9.80 Å². The third kappa shape index (κ3) is 4.08. The molecule has 0 aromatic rings. The first-order valence-electron chi connectivity index (χ1n) is 5.83. The Balaban J connectivity index is 2.20. The Morgan fingerprint density at radius 2 is 2.00 bits per heavy atom. The highest BCUT2D eigenvalue weighted by Gasteiger charge is 2.24. The van der Waals surface area contributed by atoms with Gasteiger partial charge in [-0.25, -0.2) is 0 Å². The van der Waals surface area contributed by atoms with Crippen LogP contribution in [0.1, 0.15) is 13.3 Å². The van der Waals surface area contributed by atoms with E-state index in [1.165, 1.54) is 0 Å². The number of methoxy groups -OCH3 is 1. The van der Waals surface area contributed by atoms with Gasteiger partial charge in [0.2, 0.25) is 0 Å². The van der Waals surface area contributed by atoms with Crippen molar-refractivity contribution in [2.45, 2.75) is 19.4 Å². The zero-order valence-electron chi connectivity index (χ0n) is 10.2. The zero-order valence-corrected chi connectivity index (χ0v) is 10.2. The second kappa shape index (κ2) is 6.83. The van der Waals surface area contributed by atoms with Crippen LogP contribution in [0.25, 0.3) is 0 Å². The molecule has 94 valence electrons. The minimum absolute atomic E-state index is 0.360. The number of aliphatic carboxylic acids is 1. The summed E-state index contributed by atoms with van der Waals surface area (Å²) in [6, 6.07) is -0.360. The van der Waals surface area contributed by atoms with E-state index in [0.717, 1.165) is 45.8 Å². The van der Waals surface area contributed by atoms with Crippen LogP contribution in [0, 0.1) is 0 Å². The van der Waals surface area contributed by atoms with E-state index in [2.05, 4.69) is 4.90 Å². The van der Waals surface area contributed by atoms with E-state index >= 15 is 0 Å². The molecule has 5 heteroatoms. The molecule has 0 radical (unpaired) electrons. The van der Waals surface area contributed by atoms with E-state index in [0.29, 0.717) is 0 Å². The smallest absolute Gasteiger partial charge is 0.320 e.